The average Bonchev–Trinajstić information content (AvgIpc) is 3.17. The number of carbonyl (C=O) groups excluding carboxylic acids is 1. The van der Waals surface area contributed by atoms with Crippen LogP contribution < -0.4 is 5.32 Å². The van der Waals surface area contributed by atoms with E-state index in [2.05, 4.69) is 24.2 Å². The second-order valence-electron chi connectivity index (χ2n) is 7.37. The van der Waals surface area contributed by atoms with Crippen LogP contribution in [0.3, 0.4) is 0 Å². The first-order chi connectivity index (χ1) is 12.9. The Labute approximate surface area is 160 Å². The third-order valence-corrected chi connectivity index (χ3v) is 5.81. The molecule has 144 valence electrons. The third-order valence-electron chi connectivity index (χ3n) is 5.81. The Bertz CT molecular complexity index is 798. The maximum Gasteiger partial charge on any atom is 0.251 e. The van der Waals surface area contributed by atoms with Gasteiger partial charge in [0.25, 0.3) is 5.91 Å². The molecule has 1 saturated carbocycles. The van der Waals surface area contributed by atoms with E-state index < -0.39 is 5.82 Å². The van der Waals surface area contributed by atoms with E-state index in [9.17, 15) is 14.3 Å². The van der Waals surface area contributed by atoms with Crippen molar-refractivity contribution in [3.05, 3.63) is 53.8 Å². The number of phenolic OH excluding ortho intramolecular Hbond substituents is 1. The first-order valence-corrected chi connectivity index (χ1v) is 9.53. The predicted molar refractivity (Wildman–Crippen MR) is 105 cm³/mol. The van der Waals surface area contributed by atoms with E-state index in [1.165, 1.54) is 31.0 Å². The van der Waals surface area contributed by atoms with Gasteiger partial charge in [0.15, 0.2) is 0 Å². The van der Waals surface area contributed by atoms with Crippen molar-refractivity contribution in [1.82, 2.24) is 10.2 Å². The molecule has 1 aliphatic carbocycles. The highest BCUT2D eigenvalue weighted by Crippen LogP contribution is 2.34. The molecule has 0 aromatic heterocycles. The van der Waals surface area contributed by atoms with Crippen LogP contribution in [0.1, 0.15) is 43.0 Å². The number of halogens is 1. The Hall–Kier alpha value is -2.40. The molecule has 2 N–H and O–H groups in total. The number of aromatic hydroxyl groups is 1. The minimum Gasteiger partial charge on any atom is -0.507 e. The van der Waals surface area contributed by atoms with E-state index in [0.29, 0.717) is 23.2 Å². The zero-order valence-electron chi connectivity index (χ0n) is 16.0. The first kappa shape index (κ1) is 19.4. The summed E-state index contributed by atoms with van der Waals surface area (Å²) in [6.45, 7) is 3.74. The SMILES string of the molecule is CCN(C)C1(CNC(=O)c2ccc(-c3cc(F)ccc3O)cc2)CCCC1. The molecule has 0 spiro atoms. The summed E-state index contributed by atoms with van der Waals surface area (Å²) in [5, 5.41) is 13.0. The zero-order valence-corrected chi connectivity index (χ0v) is 16.0. The molecule has 4 nitrogen and oxygen atoms in total. The molecular formula is C22H27FN2O2. The van der Waals surface area contributed by atoms with Gasteiger partial charge in [0.05, 0.1) is 0 Å². The average molecular weight is 370 g/mol. The number of nitrogens with one attached hydrogen (secondary N) is 1. The molecule has 0 radical (unpaired) electrons. The van der Waals surface area contributed by atoms with Gasteiger partial charge in [-0.05, 0) is 62.3 Å². The largest absolute Gasteiger partial charge is 0.507 e. The minimum absolute atomic E-state index is 0.0133. The molecule has 0 unspecified atom stereocenters. The highest BCUT2D eigenvalue weighted by molar-refractivity contribution is 5.94. The minimum atomic E-state index is -0.411. The molecule has 0 atom stereocenters. The summed E-state index contributed by atoms with van der Waals surface area (Å²) < 4.78 is 13.4. The maximum atomic E-state index is 13.4. The van der Waals surface area contributed by atoms with Gasteiger partial charge in [0, 0.05) is 23.2 Å². The van der Waals surface area contributed by atoms with Crippen LogP contribution in [0.25, 0.3) is 11.1 Å². The van der Waals surface area contributed by atoms with Crippen LogP contribution in [0.15, 0.2) is 42.5 Å². The maximum absolute atomic E-state index is 13.4. The quantitative estimate of drug-likeness (QED) is 0.802. The van der Waals surface area contributed by atoms with Gasteiger partial charge in [0.2, 0.25) is 0 Å². The van der Waals surface area contributed by atoms with E-state index in [-0.39, 0.29) is 17.2 Å². The monoisotopic (exact) mass is 370 g/mol. The number of rotatable bonds is 6. The van der Waals surface area contributed by atoms with Gasteiger partial charge in [-0.1, -0.05) is 31.9 Å². The highest BCUT2D eigenvalue weighted by Gasteiger charge is 2.37. The predicted octanol–water partition coefficient (Wildman–Crippen LogP) is 4.19. The van der Waals surface area contributed by atoms with Gasteiger partial charge in [-0.25, -0.2) is 4.39 Å². The van der Waals surface area contributed by atoms with Crippen molar-refractivity contribution >= 4 is 5.91 Å². The summed E-state index contributed by atoms with van der Waals surface area (Å²) in [5.74, 6) is -0.508. The van der Waals surface area contributed by atoms with Crippen LogP contribution in [-0.2, 0) is 0 Å². The number of hydrogen-bond acceptors (Lipinski definition) is 3. The van der Waals surface area contributed by atoms with Crippen LogP contribution in [0.2, 0.25) is 0 Å². The molecule has 0 heterocycles. The Morgan fingerprint density at radius 3 is 2.48 bits per heavy atom. The summed E-state index contributed by atoms with van der Waals surface area (Å²) >= 11 is 0. The highest BCUT2D eigenvalue weighted by atomic mass is 19.1. The molecule has 1 aliphatic rings. The number of hydrogen-bond donors (Lipinski definition) is 2. The number of phenols is 1. The molecule has 27 heavy (non-hydrogen) atoms. The van der Waals surface area contributed by atoms with Crippen LogP contribution in [-0.4, -0.2) is 41.6 Å². The molecule has 3 rings (SSSR count). The molecule has 1 amide bonds. The fourth-order valence-electron chi connectivity index (χ4n) is 3.95. The Morgan fingerprint density at radius 2 is 1.85 bits per heavy atom. The Balaban J connectivity index is 1.70. The normalized spacial score (nSPS) is 15.9. The molecule has 0 aliphatic heterocycles. The molecule has 1 fully saturated rings. The van der Waals surface area contributed by atoms with Crippen molar-refractivity contribution in [1.29, 1.82) is 0 Å². The van der Waals surface area contributed by atoms with Crippen LogP contribution in [0.5, 0.6) is 5.75 Å². The number of carbonyl (C=O) groups is 1. The van der Waals surface area contributed by atoms with Gasteiger partial charge < -0.3 is 10.4 Å². The fraction of sp³-hybridized carbons (Fsp3) is 0.409. The molecule has 0 saturated heterocycles. The summed E-state index contributed by atoms with van der Waals surface area (Å²) in [6, 6.07) is 10.7. The number of likely N-dealkylation sites (N-methyl/N-ethyl adjacent to an activating group) is 1. The van der Waals surface area contributed by atoms with Crippen molar-refractivity contribution in [2.75, 3.05) is 20.1 Å². The van der Waals surface area contributed by atoms with Crippen molar-refractivity contribution in [2.45, 2.75) is 38.1 Å². The molecule has 2 aromatic rings. The van der Waals surface area contributed by atoms with Gasteiger partial charge in [-0.2, -0.15) is 0 Å². The Kier molecular flexibility index (Phi) is 5.80. The van der Waals surface area contributed by atoms with Gasteiger partial charge >= 0.3 is 0 Å². The number of nitrogens with zero attached hydrogens (tertiary/aromatic N) is 1. The van der Waals surface area contributed by atoms with E-state index >= 15 is 0 Å². The summed E-state index contributed by atoms with van der Waals surface area (Å²) in [5.41, 5.74) is 1.69. The van der Waals surface area contributed by atoms with Gasteiger partial charge in [-0.3, -0.25) is 9.69 Å². The second-order valence-corrected chi connectivity index (χ2v) is 7.37. The van der Waals surface area contributed by atoms with E-state index in [0.717, 1.165) is 19.4 Å². The topological polar surface area (TPSA) is 52.6 Å². The number of benzene rings is 2. The molecular weight excluding hydrogens is 343 g/mol. The summed E-state index contributed by atoms with van der Waals surface area (Å²) in [6.07, 6.45) is 4.61. The lowest BCUT2D eigenvalue weighted by Gasteiger charge is -2.38. The fourth-order valence-corrected chi connectivity index (χ4v) is 3.95. The van der Waals surface area contributed by atoms with Crippen molar-refractivity contribution in [3.63, 3.8) is 0 Å². The smallest absolute Gasteiger partial charge is 0.251 e. The van der Waals surface area contributed by atoms with Crippen LogP contribution in [0.4, 0.5) is 4.39 Å². The number of amides is 1. The summed E-state index contributed by atoms with van der Waals surface area (Å²) in [7, 11) is 2.12. The Morgan fingerprint density at radius 1 is 1.19 bits per heavy atom. The first-order valence-electron chi connectivity index (χ1n) is 9.53. The lowest BCUT2D eigenvalue weighted by molar-refractivity contribution is 0.0874. The lowest BCUT2D eigenvalue weighted by atomic mass is 9.95. The summed E-state index contributed by atoms with van der Waals surface area (Å²) in [4.78, 5) is 14.9. The second kappa shape index (κ2) is 8.09. The molecule has 0 bridgehead atoms. The zero-order chi connectivity index (χ0) is 19.4. The van der Waals surface area contributed by atoms with E-state index in [1.807, 2.05) is 0 Å². The van der Waals surface area contributed by atoms with E-state index in [1.54, 1.807) is 24.3 Å². The van der Waals surface area contributed by atoms with Gasteiger partial charge in [0.1, 0.15) is 11.6 Å². The molecule has 5 heteroatoms. The van der Waals surface area contributed by atoms with Crippen molar-refractivity contribution in [2.24, 2.45) is 0 Å². The van der Waals surface area contributed by atoms with Gasteiger partial charge in [-0.15, -0.1) is 0 Å². The standard InChI is InChI=1S/C22H27FN2O2/c1-3-25(2)22(12-4-5-13-22)15-24-21(27)17-8-6-16(7-9-17)19-14-18(23)10-11-20(19)26/h6-11,14,26H,3-5,12-13,15H2,1-2H3,(H,24,27). The van der Waals surface area contributed by atoms with Crippen LogP contribution in [0, 0.1) is 5.82 Å². The molecule has 2 aromatic carbocycles. The lowest BCUT2D eigenvalue weighted by Crippen LogP contribution is -2.52. The van der Waals surface area contributed by atoms with Crippen LogP contribution >= 0.6 is 0 Å². The van der Waals surface area contributed by atoms with E-state index in [4.69, 9.17) is 0 Å². The van der Waals surface area contributed by atoms with Crippen molar-refractivity contribution < 1.29 is 14.3 Å². The third kappa shape index (κ3) is 4.14. The van der Waals surface area contributed by atoms with Crippen molar-refractivity contribution in [3.8, 4) is 16.9 Å².